The Morgan fingerprint density at radius 2 is 1.82 bits per heavy atom. The molecule has 0 rings (SSSR count). The highest BCUT2D eigenvalue weighted by Gasteiger charge is 2.13. The summed E-state index contributed by atoms with van der Waals surface area (Å²) in [6.07, 6.45) is 0.893. The van der Waals surface area contributed by atoms with Crippen molar-refractivity contribution >= 4 is 0 Å². The van der Waals surface area contributed by atoms with Gasteiger partial charge in [0.15, 0.2) is 0 Å². The van der Waals surface area contributed by atoms with Crippen LogP contribution in [0.5, 0.6) is 0 Å². The second-order valence-electron chi connectivity index (χ2n) is 3.01. The Balaban J connectivity index is 3.52. The number of hydrogen-bond donors (Lipinski definition) is 0. The zero-order valence-electron chi connectivity index (χ0n) is 7.31. The van der Waals surface area contributed by atoms with Gasteiger partial charge in [-0.2, -0.15) is 8.78 Å². The van der Waals surface area contributed by atoms with Crippen LogP contribution < -0.4 is 0 Å². The molecule has 0 aliphatic heterocycles. The van der Waals surface area contributed by atoms with Crippen LogP contribution in [0.3, 0.4) is 0 Å². The maximum absolute atomic E-state index is 11.6. The van der Waals surface area contributed by atoms with Gasteiger partial charge in [0, 0.05) is 0 Å². The van der Waals surface area contributed by atoms with Gasteiger partial charge in [-0.15, -0.1) is 0 Å². The van der Waals surface area contributed by atoms with Crippen molar-refractivity contribution in [1.29, 1.82) is 0 Å². The third-order valence-electron chi connectivity index (χ3n) is 1.90. The van der Waals surface area contributed by atoms with Crippen molar-refractivity contribution in [2.45, 2.75) is 33.8 Å². The summed E-state index contributed by atoms with van der Waals surface area (Å²) in [5.41, 5.74) is 0. The first kappa shape index (κ1) is 10.8. The highest BCUT2D eigenvalue weighted by atomic mass is 19.3. The van der Waals surface area contributed by atoms with Gasteiger partial charge in [0.05, 0.1) is 6.61 Å². The van der Waals surface area contributed by atoms with E-state index in [2.05, 4.69) is 4.74 Å². The zero-order chi connectivity index (χ0) is 8.85. The Kier molecular flexibility index (Phi) is 5.38. The minimum absolute atomic E-state index is 0.172. The molecule has 0 aromatic rings. The molecule has 11 heavy (non-hydrogen) atoms. The molecule has 0 N–H and O–H groups in total. The van der Waals surface area contributed by atoms with Gasteiger partial charge in [0.2, 0.25) is 0 Å². The Morgan fingerprint density at radius 1 is 1.27 bits per heavy atom. The van der Waals surface area contributed by atoms with Crippen LogP contribution >= 0.6 is 0 Å². The average molecular weight is 166 g/mol. The van der Waals surface area contributed by atoms with E-state index in [-0.39, 0.29) is 12.5 Å². The molecule has 0 radical (unpaired) electrons. The second kappa shape index (κ2) is 5.47. The maximum Gasteiger partial charge on any atom is 0.345 e. The topological polar surface area (TPSA) is 9.23 Å². The van der Waals surface area contributed by atoms with E-state index in [1.165, 1.54) is 0 Å². The summed E-state index contributed by atoms with van der Waals surface area (Å²) in [4.78, 5) is 0. The molecule has 0 aromatic heterocycles. The second-order valence-corrected chi connectivity index (χ2v) is 3.01. The van der Waals surface area contributed by atoms with Crippen LogP contribution in [0.25, 0.3) is 0 Å². The SMILES string of the molecule is CC[C@@H](COC(F)F)C(C)C. The molecule has 0 spiro atoms. The van der Waals surface area contributed by atoms with Gasteiger partial charge in [0.25, 0.3) is 0 Å². The summed E-state index contributed by atoms with van der Waals surface area (Å²) in [6, 6.07) is 0. The van der Waals surface area contributed by atoms with Crippen molar-refractivity contribution < 1.29 is 13.5 Å². The van der Waals surface area contributed by atoms with E-state index in [1.807, 2.05) is 20.8 Å². The third-order valence-corrected chi connectivity index (χ3v) is 1.90. The van der Waals surface area contributed by atoms with E-state index < -0.39 is 6.61 Å². The molecule has 0 aliphatic rings. The molecule has 1 atom stereocenters. The van der Waals surface area contributed by atoms with Crippen molar-refractivity contribution in [3.05, 3.63) is 0 Å². The molecule has 0 saturated heterocycles. The van der Waals surface area contributed by atoms with Crippen LogP contribution in [-0.4, -0.2) is 13.2 Å². The van der Waals surface area contributed by atoms with Crippen molar-refractivity contribution in [2.75, 3.05) is 6.61 Å². The van der Waals surface area contributed by atoms with Gasteiger partial charge in [-0.3, -0.25) is 0 Å². The number of hydrogen-bond acceptors (Lipinski definition) is 1. The number of rotatable bonds is 5. The van der Waals surface area contributed by atoms with Crippen LogP contribution in [0, 0.1) is 11.8 Å². The molecular weight excluding hydrogens is 150 g/mol. The highest BCUT2D eigenvalue weighted by molar-refractivity contribution is 4.59. The van der Waals surface area contributed by atoms with Crippen LogP contribution in [-0.2, 0) is 4.74 Å². The predicted octanol–water partition coefficient (Wildman–Crippen LogP) is 2.91. The third kappa shape index (κ3) is 5.13. The average Bonchev–Trinajstić information content (AvgIpc) is 1.87. The van der Waals surface area contributed by atoms with Crippen LogP contribution in [0.1, 0.15) is 27.2 Å². The smallest absolute Gasteiger partial charge is 0.323 e. The fraction of sp³-hybridized carbons (Fsp3) is 1.00. The number of ether oxygens (including phenoxy) is 1. The van der Waals surface area contributed by atoms with Gasteiger partial charge >= 0.3 is 6.61 Å². The van der Waals surface area contributed by atoms with Crippen molar-refractivity contribution in [2.24, 2.45) is 11.8 Å². The van der Waals surface area contributed by atoms with E-state index in [1.54, 1.807) is 0 Å². The van der Waals surface area contributed by atoms with Gasteiger partial charge in [-0.1, -0.05) is 27.2 Å². The molecule has 0 fully saturated rings. The van der Waals surface area contributed by atoms with Gasteiger partial charge < -0.3 is 4.74 Å². The zero-order valence-corrected chi connectivity index (χ0v) is 7.31. The van der Waals surface area contributed by atoms with E-state index in [9.17, 15) is 8.78 Å². The first-order valence-electron chi connectivity index (χ1n) is 3.97. The summed E-state index contributed by atoms with van der Waals surface area (Å²) in [5.74, 6) is 0.669. The van der Waals surface area contributed by atoms with E-state index >= 15 is 0 Å². The van der Waals surface area contributed by atoms with Crippen molar-refractivity contribution in [3.63, 3.8) is 0 Å². The van der Waals surface area contributed by atoms with Crippen LogP contribution in [0.2, 0.25) is 0 Å². The molecule has 0 aliphatic carbocycles. The Labute approximate surface area is 66.7 Å². The number of alkyl halides is 2. The first-order chi connectivity index (χ1) is 5.07. The Bertz CT molecular complexity index is 94.1. The molecule has 0 unspecified atom stereocenters. The van der Waals surface area contributed by atoms with Crippen LogP contribution in [0.15, 0.2) is 0 Å². The largest absolute Gasteiger partial charge is 0.345 e. The fourth-order valence-electron chi connectivity index (χ4n) is 0.978. The minimum atomic E-state index is -2.62. The van der Waals surface area contributed by atoms with E-state index in [0.29, 0.717) is 5.92 Å². The van der Waals surface area contributed by atoms with Crippen molar-refractivity contribution in [1.82, 2.24) is 0 Å². The molecule has 0 saturated carbocycles. The lowest BCUT2D eigenvalue weighted by atomic mass is 9.94. The van der Waals surface area contributed by atoms with Gasteiger partial charge in [-0.25, -0.2) is 0 Å². The Hall–Kier alpha value is -0.180. The lowest BCUT2D eigenvalue weighted by Crippen LogP contribution is -2.16. The maximum atomic E-state index is 11.6. The lowest BCUT2D eigenvalue weighted by molar-refractivity contribution is -0.141. The molecule has 0 amide bonds. The summed E-state index contributed by atoms with van der Waals surface area (Å²) >= 11 is 0. The standard InChI is InChI=1S/C8H16F2O/c1-4-7(6(2)3)5-11-8(9)10/h6-8H,4-5H2,1-3H3/t7-/m0/s1. The van der Waals surface area contributed by atoms with Gasteiger partial charge in [0.1, 0.15) is 0 Å². The highest BCUT2D eigenvalue weighted by Crippen LogP contribution is 2.15. The molecule has 0 heterocycles. The van der Waals surface area contributed by atoms with E-state index in [0.717, 1.165) is 6.42 Å². The summed E-state index contributed by atoms with van der Waals surface area (Å²) in [5, 5.41) is 0. The Morgan fingerprint density at radius 3 is 2.09 bits per heavy atom. The molecule has 1 nitrogen and oxygen atoms in total. The molecular formula is C8H16F2O. The summed E-state index contributed by atoms with van der Waals surface area (Å²) in [6.45, 7) is 3.57. The quantitative estimate of drug-likeness (QED) is 0.610. The lowest BCUT2D eigenvalue weighted by Gasteiger charge is -2.18. The van der Waals surface area contributed by atoms with Gasteiger partial charge in [-0.05, 0) is 11.8 Å². The minimum Gasteiger partial charge on any atom is -0.323 e. The molecule has 0 aromatic carbocycles. The summed E-state index contributed by atoms with van der Waals surface area (Å²) in [7, 11) is 0. The molecule has 3 heteroatoms. The first-order valence-corrected chi connectivity index (χ1v) is 3.97. The molecule has 0 bridgehead atoms. The monoisotopic (exact) mass is 166 g/mol. The van der Waals surface area contributed by atoms with Crippen LogP contribution in [0.4, 0.5) is 8.78 Å². The number of halogens is 2. The molecule has 68 valence electrons. The van der Waals surface area contributed by atoms with Crippen molar-refractivity contribution in [3.8, 4) is 0 Å². The normalized spacial score (nSPS) is 14.5. The van der Waals surface area contributed by atoms with E-state index in [4.69, 9.17) is 0 Å². The summed E-state index contributed by atoms with van der Waals surface area (Å²) < 4.78 is 27.4. The fourth-order valence-corrected chi connectivity index (χ4v) is 0.978. The predicted molar refractivity (Wildman–Crippen MR) is 40.6 cm³/mol.